The summed E-state index contributed by atoms with van der Waals surface area (Å²) in [4.78, 5) is 28.6. The molecule has 3 saturated heterocycles. The highest BCUT2D eigenvalue weighted by atomic mass is 19.4. The van der Waals surface area contributed by atoms with Crippen LogP contribution in [0.5, 0.6) is 5.88 Å². The zero-order valence-electron chi connectivity index (χ0n) is 21.0. The molecule has 2 aromatic rings. The van der Waals surface area contributed by atoms with Crippen LogP contribution in [0.4, 0.5) is 22.4 Å². The van der Waals surface area contributed by atoms with E-state index in [1.165, 1.54) is 19.2 Å². The maximum Gasteiger partial charge on any atom is 0.433 e. The van der Waals surface area contributed by atoms with Gasteiger partial charge < -0.3 is 19.3 Å². The monoisotopic (exact) mass is 538 g/mol. The number of fused-ring (bicyclic) bond motifs is 1. The fraction of sp³-hybridized carbons (Fsp3) is 0.577. The molecule has 2 amide bonds. The van der Waals surface area contributed by atoms with Crippen molar-refractivity contribution >= 4 is 11.8 Å². The summed E-state index contributed by atoms with van der Waals surface area (Å²) in [5, 5.41) is 3.89. The van der Waals surface area contributed by atoms with Gasteiger partial charge in [0, 0.05) is 57.5 Å². The van der Waals surface area contributed by atoms with Crippen LogP contribution in [0.15, 0.2) is 30.3 Å². The molecule has 0 saturated carbocycles. The molecule has 0 bridgehead atoms. The van der Waals surface area contributed by atoms with Crippen LogP contribution in [0, 0.1) is 17.7 Å². The highest BCUT2D eigenvalue weighted by Crippen LogP contribution is 2.37. The Balaban J connectivity index is 1.26. The molecule has 3 aliphatic rings. The summed E-state index contributed by atoms with van der Waals surface area (Å²) in [6.07, 6.45) is -3.00. The summed E-state index contributed by atoms with van der Waals surface area (Å²) in [7, 11) is 1.20. The number of hydrogen-bond donors (Lipinski definition) is 0. The van der Waals surface area contributed by atoms with Gasteiger partial charge in [-0.1, -0.05) is 12.1 Å². The molecule has 0 N–H and O–H groups in total. The number of benzene rings is 1. The molecule has 12 heteroatoms. The topological polar surface area (TPSA) is 76.9 Å². The number of Topliss-reactive ketones (excluding diaryl/α,β-unsaturated/α-hetero) is 1. The largest absolute Gasteiger partial charge is 0.468 e. The second kappa shape index (κ2) is 10.5. The van der Waals surface area contributed by atoms with Crippen molar-refractivity contribution in [2.75, 3.05) is 32.8 Å². The number of ketones is 1. The van der Waals surface area contributed by atoms with Gasteiger partial charge in [0.25, 0.3) is 0 Å². The lowest BCUT2D eigenvalue weighted by molar-refractivity contribution is -0.143. The Morgan fingerprint density at radius 2 is 1.79 bits per heavy atom. The first-order valence-electron chi connectivity index (χ1n) is 12.8. The Kier molecular flexibility index (Phi) is 7.34. The lowest BCUT2D eigenvalue weighted by Crippen LogP contribution is -2.54. The van der Waals surface area contributed by atoms with Crippen molar-refractivity contribution in [3.05, 3.63) is 47.4 Å². The van der Waals surface area contributed by atoms with E-state index in [-0.39, 0.29) is 42.2 Å². The van der Waals surface area contributed by atoms with Gasteiger partial charge in [-0.3, -0.25) is 9.48 Å². The van der Waals surface area contributed by atoms with E-state index < -0.39 is 23.8 Å². The number of rotatable bonds is 4. The smallest absolute Gasteiger partial charge is 0.433 e. The molecule has 0 aliphatic carbocycles. The summed E-state index contributed by atoms with van der Waals surface area (Å²) in [6, 6.07) is 6.46. The Labute approximate surface area is 217 Å². The molecular weight excluding hydrogens is 508 g/mol. The van der Waals surface area contributed by atoms with Crippen LogP contribution in [-0.2, 0) is 22.8 Å². The van der Waals surface area contributed by atoms with Crippen molar-refractivity contribution in [2.45, 2.75) is 44.1 Å². The van der Waals surface area contributed by atoms with Gasteiger partial charge in [0.05, 0.1) is 6.10 Å². The van der Waals surface area contributed by atoms with Gasteiger partial charge in [0.15, 0.2) is 5.78 Å². The van der Waals surface area contributed by atoms with E-state index in [1.54, 1.807) is 21.9 Å². The highest BCUT2D eigenvalue weighted by molar-refractivity contribution is 5.81. The minimum atomic E-state index is -4.58. The van der Waals surface area contributed by atoms with Crippen LogP contribution in [0.25, 0.3) is 0 Å². The lowest BCUT2D eigenvalue weighted by Gasteiger charge is -2.43. The molecule has 1 unspecified atom stereocenters. The van der Waals surface area contributed by atoms with E-state index in [0.29, 0.717) is 57.4 Å². The van der Waals surface area contributed by atoms with Crippen molar-refractivity contribution < 1.29 is 36.6 Å². The molecule has 5 rings (SSSR count). The third kappa shape index (κ3) is 5.64. The molecule has 206 valence electrons. The number of carbonyl (C=O) groups is 2. The zero-order chi connectivity index (χ0) is 27.0. The fourth-order valence-corrected chi connectivity index (χ4v) is 5.73. The summed E-state index contributed by atoms with van der Waals surface area (Å²) in [5.41, 5.74) is -0.306. The van der Waals surface area contributed by atoms with E-state index in [0.717, 1.165) is 10.7 Å². The SMILES string of the molecule is Cn1nc(OC(c2ccc(F)cc2)C2CCN(C(=O)N3CC[C@@H]4OCC(=O)C[C@@H]4C3)CC2)cc1C(F)(F)F. The van der Waals surface area contributed by atoms with E-state index in [4.69, 9.17) is 9.47 Å². The molecule has 3 fully saturated rings. The molecule has 8 nitrogen and oxygen atoms in total. The predicted octanol–water partition coefficient (Wildman–Crippen LogP) is 4.21. The average Bonchev–Trinajstić information content (AvgIpc) is 3.28. The van der Waals surface area contributed by atoms with Gasteiger partial charge in [-0.25, -0.2) is 9.18 Å². The zero-order valence-corrected chi connectivity index (χ0v) is 21.0. The average molecular weight is 539 g/mol. The Hall–Kier alpha value is -3.15. The first-order valence-corrected chi connectivity index (χ1v) is 12.8. The second-order valence-electron chi connectivity index (χ2n) is 10.3. The van der Waals surface area contributed by atoms with E-state index >= 15 is 0 Å². The minimum Gasteiger partial charge on any atom is -0.468 e. The number of aromatic nitrogens is 2. The third-order valence-electron chi connectivity index (χ3n) is 7.72. The number of alkyl halides is 3. The lowest BCUT2D eigenvalue weighted by atomic mass is 9.86. The van der Waals surface area contributed by atoms with Crippen LogP contribution in [0.2, 0.25) is 0 Å². The van der Waals surface area contributed by atoms with E-state index in [2.05, 4.69) is 5.10 Å². The van der Waals surface area contributed by atoms with Crippen LogP contribution < -0.4 is 4.74 Å². The number of ether oxygens (including phenoxy) is 2. The first kappa shape index (κ1) is 26.5. The normalized spacial score (nSPS) is 23.8. The number of nitrogens with zero attached hydrogens (tertiary/aromatic N) is 4. The summed E-state index contributed by atoms with van der Waals surface area (Å²) >= 11 is 0. The van der Waals surface area contributed by atoms with Crippen molar-refractivity contribution in [1.82, 2.24) is 19.6 Å². The van der Waals surface area contributed by atoms with E-state index in [9.17, 15) is 27.2 Å². The van der Waals surface area contributed by atoms with Gasteiger partial charge in [-0.15, -0.1) is 5.10 Å². The van der Waals surface area contributed by atoms with Crippen LogP contribution in [0.1, 0.15) is 43.0 Å². The number of urea groups is 1. The maximum absolute atomic E-state index is 13.6. The number of aryl methyl sites for hydroxylation is 1. The minimum absolute atomic E-state index is 0.0144. The number of carbonyl (C=O) groups excluding carboxylic acids is 2. The molecule has 4 heterocycles. The maximum atomic E-state index is 13.6. The molecule has 38 heavy (non-hydrogen) atoms. The quantitative estimate of drug-likeness (QED) is 0.546. The number of amides is 2. The van der Waals surface area contributed by atoms with Gasteiger partial charge >= 0.3 is 12.2 Å². The molecule has 3 atom stereocenters. The van der Waals surface area contributed by atoms with Crippen molar-refractivity contribution in [3.63, 3.8) is 0 Å². The number of likely N-dealkylation sites (tertiary alicyclic amines) is 2. The molecule has 1 aromatic carbocycles. The summed E-state index contributed by atoms with van der Waals surface area (Å²) in [6.45, 7) is 2.09. The number of halogens is 4. The van der Waals surface area contributed by atoms with Gasteiger partial charge in [-0.2, -0.15) is 13.2 Å². The first-order chi connectivity index (χ1) is 18.1. The van der Waals surface area contributed by atoms with Crippen molar-refractivity contribution in [1.29, 1.82) is 0 Å². The summed E-state index contributed by atoms with van der Waals surface area (Å²) < 4.78 is 65.8. The summed E-state index contributed by atoms with van der Waals surface area (Å²) in [5.74, 6) is -0.652. The Morgan fingerprint density at radius 1 is 1.11 bits per heavy atom. The molecular formula is C26H30F4N4O4. The van der Waals surface area contributed by atoms with Gasteiger partial charge in [0.1, 0.15) is 24.2 Å². The van der Waals surface area contributed by atoms with Gasteiger partial charge in [0.2, 0.25) is 5.88 Å². The Bertz CT molecular complexity index is 1160. The molecule has 3 aliphatic heterocycles. The van der Waals surface area contributed by atoms with Crippen molar-refractivity contribution in [2.24, 2.45) is 18.9 Å². The second-order valence-corrected chi connectivity index (χ2v) is 10.3. The van der Waals surface area contributed by atoms with Crippen molar-refractivity contribution in [3.8, 4) is 5.88 Å². The van der Waals surface area contributed by atoms with Gasteiger partial charge in [-0.05, 0) is 37.0 Å². The molecule has 0 radical (unpaired) electrons. The fourth-order valence-electron chi connectivity index (χ4n) is 5.73. The number of piperidine rings is 2. The number of hydrogen-bond acceptors (Lipinski definition) is 5. The predicted molar refractivity (Wildman–Crippen MR) is 127 cm³/mol. The van der Waals surface area contributed by atoms with E-state index in [1.807, 2.05) is 0 Å². The highest BCUT2D eigenvalue weighted by Gasteiger charge is 2.40. The van der Waals surface area contributed by atoms with Crippen LogP contribution in [0.3, 0.4) is 0 Å². The molecule has 0 spiro atoms. The standard InChI is InChI=1S/C26H30F4N4O4/c1-32-22(26(28,29)30)13-23(31-32)38-24(16-2-4-19(27)5-3-16)17-6-9-33(10-7-17)25(36)34-11-8-21-18(14-34)12-20(35)15-37-21/h2-5,13,17-18,21,24H,6-12,14-15H2,1H3/t18-,21+,24?/m1/s1. The Morgan fingerprint density at radius 3 is 2.45 bits per heavy atom. The molecule has 1 aromatic heterocycles. The van der Waals surface area contributed by atoms with Crippen LogP contribution >= 0.6 is 0 Å². The van der Waals surface area contributed by atoms with Crippen LogP contribution in [-0.4, -0.2) is 70.3 Å². The third-order valence-corrected chi connectivity index (χ3v) is 7.72.